The van der Waals surface area contributed by atoms with Gasteiger partial charge in [0, 0.05) is 29.6 Å². The van der Waals surface area contributed by atoms with Gasteiger partial charge in [0.25, 0.3) is 0 Å². The average Bonchev–Trinajstić information content (AvgIpc) is 2.66. The first-order valence-electron chi connectivity index (χ1n) is 11.2. The third kappa shape index (κ3) is 4.00. The zero-order valence-corrected chi connectivity index (χ0v) is 18.8. The summed E-state index contributed by atoms with van der Waals surface area (Å²) in [6.07, 6.45) is 6.61. The minimum absolute atomic E-state index is 0.152. The van der Waals surface area contributed by atoms with E-state index in [0.717, 1.165) is 25.6 Å². The molecule has 156 valence electrons. The zero-order valence-electron chi connectivity index (χ0n) is 18.8. The zero-order chi connectivity index (χ0) is 19.7. The SMILES string of the molecule is CCNC(=NCC1(N2CCCCC2)CCN(C)CC1)N1CC(C)(C)C1(C)C. The second kappa shape index (κ2) is 7.90. The molecule has 3 saturated heterocycles. The van der Waals surface area contributed by atoms with E-state index in [4.69, 9.17) is 4.99 Å². The molecular formula is C22H43N5. The van der Waals surface area contributed by atoms with Crippen molar-refractivity contribution in [2.75, 3.05) is 52.9 Å². The summed E-state index contributed by atoms with van der Waals surface area (Å²) >= 11 is 0. The summed E-state index contributed by atoms with van der Waals surface area (Å²) in [7, 11) is 2.26. The number of hydrogen-bond donors (Lipinski definition) is 1. The average molecular weight is 378 g/mol. The molecule has 0 aromatic rings. The van der Waals surface area contributed by atoms with Crippen molar-refractivity contribution in [3.8, 4) is 0 Å². The summed E-state index contributed by atoms with van der Waals surface area (Å²) in [5, 5.41) is 3.59. The molecule has 0 aromatic carbocycles. The molecule has 5 nitrogen and oxygen atoms in total. The molecule has 3 rings (SSSR count). The molecule has 3 aliphatic rings. The molecule has 0 saturated carbocycles. The lowest BCUT2D eigenvalue weighted by molar-refractivity contribution is -0.0671. The van der Waals surface area contributed by atoms with Gasteiger partial charge in [0.2, 0.25) is 0 Å². The van der Waals surface area contributed by atoms with Gasteiger partial charge in [0.05, 0.1) is 6.54 Å². The minimum Gasteiger partial charge on any atom is -0.356 e. The van der Waals surface area contributed by atoms with E-state index in [1.54, 1.807) is 0 Å². The highest BCUT2D eigenvalue weighted by Gasteiger charge is 2.54. The van der Waals surface area contributed by atoms with E-state index in [0.29, 0.717) is 5.41 Å². The van der Waals surface area contributed by atoms with Crippen molar-refractivity contribution >= 4 is 5.96 Å². The Hall–Kier alpha value is -0.810. The van der Waals surface area contributed by atoms with Gasteiger partial charge in [-0.1, -0.05) is 20.3 Å². The summed E-state index contributed by atoms with van der Waals surface area (Å²) in [6.45, 7) is 19.5. The summed E-state index contributed by atoms with van der Waals surface area (Å²) in [6, 6.07) is 0. The Kier molecular flexibility index (Phi) is 6.12. The van der Waals surface area contributed by atoms with Gasteiger partial charge in [0.15, 0.2) is 5.96 Å². The van der Waals surface area contributed by atoms with Crippen molar-refractivity contribution in [2.24, 2.45) is 10.4 Å². The van der Waals surface area contributed by atoms with E-state index in [9.17, 15) is 0 Å². The van der Waals surface area contributed by atoms with Gasteiger partial charge in [-0.3, -0.25) is 9.89 Å². The van der Waals surface area contributed by atoms with Crippen LogP contribution in [-0.2, 0) is 0 Å². The quantitative estimate of drug-likeness (QED) is 0.603. The number of nitrogens with zero attached hydrogens (tertiary/aromatic N) is 4. The number of hydrogen-bond acceptors (Lipinski definition) is 3. The van der Waals surface area contributed by atoms with Gasteiger partial charge < -0.3 is 15.1 Å². The topological polar surface area (TPSA) is 34.1 Å². The van der Waals surface area contributed by atoms with Crippen LogP contribution in [0.5, 0.6) is 0 Å². The van der Waals surface area contributed by atoms with Crippen LogP contribution in [0.4, 0.5) is 0 Å². The summed E-state index contributed by atoms with van der Waals surface area (Å²) in [4.78, 5) is 13.0. The normalized spacial score (nSPS) is 28.7. The lowest BCUT2D eigenvalue weighted by atomic mass is 9.65. The summed E-state index contributed by atoms with van der Waals surface area (Å²) < 4.78 is 0. The van der Waals surface area contributed by atoms with Crippen LogP contribution in [0.2, 0.25) is 0 Å². The molecule has 3 heterocycles. The highest BCUT2D eigenvalue weighted by molar-refractivity contribution is 5.82. The molecule has 5 heteroatoms. The van der Waals surface area contributed by atoms with Gasteiger partial charge >= 0.3 is 0 Å². The van der Waals surface area contributed by atoms with E-state index in [1.807, 2.05) is 0 Å². The highest BCUT2D eigenvalue weighted by atomic mass is 15.4. The molecule has 0 atom stereocenters. The van der Waals surface area contributed by atoms with E-state index in [1.165, 1.54) is 58.3 Å². The van der Waals surface area contributed by atoms with Crippen LogP contribution in [-0.4, -0.2) is 84.6 Å². The molecule has 3 fully saturated rings. The number of nitrogens with one attached hydrogen (secondary N) is 1. The molecular weight excluding hydrogens is 334 g/mol. The van der Waals surface area contributed by atoms with Gasteiger partial charge in [0.1, 0.15) is 0 Å². The lowest BCUT2D eigenvalue weighted by Gasteiger charge is -2.62. The molecule has 0 spiro atoms. The van der Waals surface area contributed by atoms with E-state index >= 15 is 0 Å². The molecule has 0 radical (unpaired) electrons. The predicted octanol–water partition coefficient (Wildman–Crippen LogP) is 3.02. The van der Waals surface area contributed by atoms with Crippen LogP contribution in [0.3, 0.4) is 0 Å². The number of guanidine groups is 1. The first-order valence-corrected chi connectivity index (χ1v) is 11.2. The van der Waals surface area contributed by atoms with Crippen molar-refractivity contribution in [3.63, 3.8) is 0 Å². The fraction of sp³-hybridized carbons (Fsp3) is 0.955. The first kappa shape index (κ1) is 20.9. The Labute approximate surface area is 167 Å². The third-order valence-electron chi connectivity index (χ3n) is 7.94. The van der Waals surface area contributed by atoms with Crippen LogP contribution in [0.15, 0.2) is 4.99 Å². The Morgan fingerprint density at radius 2 is 1.59 bits per heavy atom. The maximum Gasteiger partial charge on any atom is 0.194 e. The Morgan fingerprint density at radius 3 is 2.11 bits per heavy atom. The summed E-state index contributed by atoms with van der Waals surface area (Å²) in [5.74, 6) is 1.12. The number of aliphatic imine (C=N–C) groups is 1. The maximum atomic E-state index is 5.26. The fourth-order valence-corrected chi connectivity index (χ4v) is 4.99. The first-order chi connectivity index (χ1) is 12.7. The predicted molar refractivity (Wildman–Crippen MR) is 115 cm³/mol. The van der Waals surface area contributed by atoms with Crippen LogP contribution >= 0.6 is 0 Å². The lowest BCUT2D eigenvalue weighted by Crippen LogP contribution is -2.72. The van der Waals surface area contributed by atoms with Crippen molar-refractivity contribution in [3.05, 3.63) is 0 Å². The molecule has 3 aliphatic heterocycles. The highest BCUT2D eigenvalue weighted by Crippen LogP contribution is 2.46. The third-order valence-corrected chi connectivity index (χ3v) is 7.94. The van der Waals surface area contributed by atoms with Gasteiger partial charge in [-0.25, -0.2) is 0 Å². The number of likely N-dealkylation sites (tertiary alicyclic amines) is 3. The molecule has 27 heavy (non-hydrogen) atoms. The molecule has 0 bridgehead atoms. The molecule has 0 unspecified atom stereocenters. The van der Waals surface area contributed by atoms with Crippen molar-refractivity contribution in [1.82, 2.24) is 20.0 Å². The van der Waals surface area contributed by atoms with Crippen molar-refractivity contribution in [1.29, 1.82) is 0 Å². The number of rotatable bonds is 4. The monoisotopic (exact) mass is 377 g/mol. The molecule has 0 aromatic heterocycles. The number of piperidine rings is 2. The van der Waals surface area contributed by atoms with Crippen LogP contribution < -0.4 is 5.32 Å². The largest absolute Gasteiger partial charge is 0.356 e. The molecule has 0 aliphatic carbocycles. The Morgan fingerprint density at radius 1 is 0.963 bits per heavy atom. The maximum absolute atomic E-state index is 5.26. The Bertz CT molecular complexity index is 525. The standard InChI is InChI=1S/C22H43N5/c1-7-23-19(27-18-20(2,3)21(27,4)5)24-17-22(11-15-25(6)16-12-22)26-13-9-8-10-14-26/h7-18H2,1-6H3,(H,23,24). The summed E-state index contributed by atoms with van der Waals surface area (Å²) in [5.41, 5.74) is 0.749. The van der Waals surface area contributed by atoms with Crippen LogP contribution in [0.25, 0.3) is 0 Å². The van der Waals surface area contributed by atoms with E-state index in [2.05, 4.69) is 61.7 Å². The second-order valence-electron chi connectivity index (χ2n) is 10.3. The van der Waals surface area contributed by atoms with Gasteiger partial charge in [-0.15, -0.1) is 0 Å². The minimum atomic E-state index is 0.152. The van der Waals surface area contributed by atoms with E-state index < -0.39 is 0 Å². The van der Waals surface area contributed by atoms with Crippen molar-refractivity contribution in [2.45, 2.75) is 77.8 Å². The Balaban J connectivity index is 1.79. The van der Waals surface area contributed by atoms with Gasteiger partial charge in [-0.2, -0.15) is 0 Å². The smallest absolute Gasteiger partial charge is 0.194 e. The van der Waals surface area contributed by atoms with E-state index in [-0.39, 0.29) is 11.1 Å². The fourth-order valence-electron chi connectivity index (χ4n) is 4.99. The molecule has 0 amide bonds. The van der Waals surface area contributed by atoms with Crippen molar-refractivity contribution < 1.29 is 0 Å². The van der Waals surface area contributed by atoms with Gasteiger partial charge in [-0.05, 0) is 79.7 Å². The van der Waals surface area contributed by atoms with Crippen LogP contribution in [0.1, 0.15) is 66.7 Å². The molecule has 1 N–H and O–H groups in total. The second-order valence-corrected chi connectivity index (χ2v) is 10.3. The van der Waals surface area contributed by atoms with Crippen LogP contribution in [0, 0.1) is 5.41 Å².